The summed E-state index contributed by atoms with van der Waals surface area (Å²) in [5, 5.41) is 17.9. The molecule has 4 aliphatic heterocycles. The summed E-state index contributed by atoms with van der Waals surface area (Å²) in [6.45, 7) is 16.5. The lowest BCUT2D eigenvalue weighted by Gasteiger charge is -2.43. The summed E-state index contributed by atoms with van der Waals surface area (Å²) in [6, 6.07) is 6.27. The fourth-order valence-electron chi connectivity index (χ4n) is 11.1. The zero-order chi connectivity index (χ0) is 49.6. The molecule has 3 N–H and O–H groups in total. The van der Waals surface area contributed by atoms with Crippen LogP contribution in [-0.4, -0.2) is 145 Å². The van der Waals surface area contributed by atoms with Gasteiger partial charge in [-0.25, -0.2) is 19.2 Å². The first-order chi connectivity index (χ1) is 33.6. The summed E-state index contributed by atoms with van der Waals surface area (Å²) in [5.74, 6) is -1.54. The van der Waals surface area contributed by atoms with Gasteiger partial charge in [-0.05, 0) is 67.7 Å². The molecule has 5 aliphatic rings. The number of hydrogen-bond donors (Lipinski definition) is 3. The number of rotatable bonds is 13. The number of benzene rings is 1. The highest BCUT2D eigenvalue weighted by molar-refractivity contribution is 7.10. The van der Waals surface area contributed by atoms with E-state index >= 15 is 0 Å². The molecule has 0 spiro atoms. The average Bonchev–Trinajstić information content (AvgIpc) is 3.62. The lowest BCUT2D eigenvalue weighted by atomic mass is 9.84. The van der Waals surface area contributed by atoms with Gasteiger partial charge in [-0.15, -0.1) is 11.3 Å². The molecule has 3 aromatic heterocycles. The van der Waals surface area contributed by atoms with Crippen molar-refractivity contribution in [2.75, 3.05) is 77.8 Å². The van der Waals surface area contributed by atoms with Gasteiger partial charge < -0.3 is 38.8 Å². The Balaban J connectivity index is 1.18. The summed E-state index contributed by atoms with van der Waals surface area (Å²) in [7, 11) is 1.66. The van der Waals surface area contributed by atoms with Crippen molar-refractivity contribution in [2.24, 2.45) is 29.1 Å². The van der Waals surface area contributed by atoms with Crippen LogP contribution in [0.25, 0.3) is 33.4 Å². The molecule has 7 heterocycles. The fraction of sp³-hybridized carbons (Fsp3) is 0.627. The quantitative estimate of drug-likeness (QED) is 0.133. The Morgan fingerprint density at radius 1 is 1.10 bits per heavy atom. The van der Waals surface area contributed by atoms with Gasteiger partial charge >= 0.3 is 5.97 Å². The van der Waals surface area contributed by atoms with Gasteiger partial charge in [-0.2, -0.15) is 0 Å². The van der Waals surface area contributed by atoms with E-state index in [4.69, 9.17) is 28.9 Å². The van der Waals surface area contributed by atoms with Crippen LogP contribution in [-0.2, 0) is 46.3 Å². The maximum Gasteiger partial charge on any atom is 0.324 e. The van der Waals surface area contributed by atoms with E-state index in [1.807, 2.05) is 57.5 Å². The van der Waals surface area contributed by atoms with Gasteiger partial charge in [0.05, 0.1) is 67.5 Å². The van der Waals surface area contributed by atoms with Gasteiger partial charge in [0.1, 0.15) is 29.8 Å². The van der Waals surface area contributed by atoms with Gasteiger partial charge in [0.25, 0.3) is 12.3 Å². The van der Waals surface area contributed by atoms with Crippen LogP contribution in [0.3, 0.4) is 0 Å². The van der Waals surface area contributed by atoms with Crippen molar-refractivity contribution in [2.45, 2.75) is 104 Å². The predicted octanol–water partition coefficient (Wildman–Crippen LogP) is 6.01. The number of carbonyl (C=O) groups excluding carboxylic acids is 3. The van der Waals surface area contributed by atoms with Crippen LogP contribution in [0.1, 0.15) is 82.9 Å². The third-order valence-electron chi connectivity index (χ3n) is 15.1. The number of amides is 2. The number of alkyl halides is 2. The molecule has 1 saturated carbocycles. The van der Waals surface area contributed by atoms with Crippen molar-refractivity contribution in [1.29, 1.82) is 0 Å². The van der Waals surface area contributed by atoms with Crippen molar-refractivity contribution in [3.63, 3.8) is 0 Å². The van der Waals surface area contributed by atoms with Crippen LogP contribution >= 0.6 is 11.3 Å². The number of aromatic nitrogens is 3. The molecule has 0 unspecified atom stereocenters. The lowest BCUT2D eigenvalue weighted by Crippen LogP contribution is -2.61. The van der Waals surface area contributed by atoms with E-state index in [0.717, 1.165) is 89.8 Å². The molecule has 70 heavy (non-hydrogen) atoms. The minimum Gasteiger partial charge on any atom is -0.464 e. The highest BCUT2D eigenvalue weighted by Gasteiger charge is 2.54. The van der Waals surface area contributed by atoms with Crippen LogP contribution in [0.5, 0.6) is 0 Å². The molecule has 3 saturated heterocycles. The van der Waals surface area contributed by atoms with E-state index in [0.29, 0.717) is 36.6 Å². The summed E-state index contributed by atoms with van der Waals surface area (Å²) in [5.41, 5.74) is 8.90. The average molecular weight is 991 g/mol. The molecular formula is C51H68F2N8O8S. The summed E-state index contributed by atoms with van der Waals surface area (Å²) in [6.07, 6.45) is -1.47. The normalized spacial score (nSPS) is 26.1. The molecule has 16 nitrogen and oxygen atoms in total. The van der Waals surface area contributed by atoms with Crippen molar-refractivity contribution in [3.05, 3.63) is 52.1 Å². The van der Waals surface area contributed by atoms with Gasteiger partial charge in [0.15, 0.2) is 0 Å². The lowest BCUT2D eigenvalue weighted by molar-refractivity contribution is -0.157. The number of thiazole rings is 1. The van der Waals surface area contributed by atoms with Crippen LogP contribution in [0.4, 0.5) is 14.5 Å². The molecule has 9 rings (SSSR count). The molecular weight excluding hydrogens is 923 g/mol. The monoisotopic (exact) mass is 990 g/mol. The van der Waals surface area contributed by atoms with Crippen molar-refractivity contribution >= 4 is 45.7 Å². The number of aliphatic hydroxyl groups is 1. The Morgan fingerprint density at radius 2 is 1.87 bits per heavy atom. The molecule has 6 bridgehead atoms. The van der Waals surface area contributed by atoms with E-state index in [1.165, 1.54) is 5.01 Å². The second-order valence-corrected chi connectivity index (χ2v) is 21.7. The highest BCUT2D eigenvalue weighted by atomic mass is 32.1. The molecule has 4 aromatic rings. The molecule has 4 fully saturated rings. The second-order valence-electron chi connectivity index (χ2n) is 20.8. The maximum absolute atomic E-state index is 14.8. The topological polar surface area (TPSA) is 173 Å². The van der Waals surface area contributed by atoms with Crippen molar-refractivity contribution in [3.8, 4) is 22.5 Å². The fourth-order valence-corrected chi connectivity index (χ4v) is 12.0. The Hall–Kier alpha value is -4.63. The van der Waals surface area contributed by atoms with E-state index in [1.54, 1.807) is 7.11 Å². The van der Waals surface area contributed by atoms with Crippen molar-refractivity contribution < 1.29 is 47.2 Å². The van der Waals surface area contributed by atoms with E-state index < -0.39 is 54.6 Å². The zero-order valence-corrected chi connectivity index (χ0v) is 42.1. The first kappa shape index (κ1) is 50.3. The summed E-state index contributed by atoms with van der Waals surface area (Å²) >= 11 is 1.16. The van der Waals surface area contributed by atoms with Gasteiger partial charge in [-0.1, -0.05) is 40.7 Å². The number of nitrogens with zero attached hydrogens (tertiary/aromatic N) is 6. The molecule has 2 amide bonds. The number of hydrogen-bond acceptors (Lipinski definition) is 14. The van der Waals surface area contributed by atoms with E-state index in [9.17, 15) is 28.3 Å². The number of nitrogens with one attached hydrogen (secondary N) is 2. The number of aliphatic hydroxyl groups excluding tert-OH is 1. The number of methoxy groups -OCH3 is 1. The predicted molar refractivity (Wildman–Crippen MR) is 261 cm³/mol. The van der Waals surface area contributed by atoms with Gasteiger partial charge in [0.2, 0.25) is 5.91 Å². The molecule has 1 aromatic carbocycles. The Kier molecular flexibility index (Phi) is 15.0. The number of hydrazine groups is 1. The second kappa shape index (κ2) is 20.8. The van der Waals surface area contributed by atoms with Crippen molar-refractivity contribution in [1.82, 2.24) is 35.2 Å². The number of carbonyl (C=O) groups is 3. The number of esters is 1. The third kappa shape index (κ3) is 10.2. The number of halogens is 2. The number of piperazine rings is 1. The number of pyridine rings is 1. The maximum atomic E-state index is 14.8. The Bertz CT molecular complexity index is 2540. The van der Waals surface area contributed by atoms with Crippen LogP contribution < -0.4 is 15.6 Å². The molecule has 0 radical (unpaired) electrons. The number of ether oxygens (including phenoxy) is 4. The molecule has 380 valence electrons. The van der Waals surface area contributed by atoms with Gasteiger partial charge in [0, 0.05) is 85.1 Å². The standard InChI is InChI=1S/C51H68F2N8O8S/c1-28(2)41-29(3)42(41)47(63)56-44-46(68-25-40(52)53)48-55-38(26-70-48)31-10-11-39-34(19-31)36(21-51(5,6)27-69-50(65)37-9-8-12-61(57-37)49(44)64)45(60(39)17-18-62)35-20-32(22-54-43(35)30(4)66-7)58-13-15-59(16-14-58)33-23-67-24-33/h10-11,19-20,22,26,28-30,33,37,40-42,44,46,57,62H,8-9,12-18,21,23-25,27H2,1-7H3,(H,56,63)/t29-,30+,37+,41+,42+,44+,46+/m1/s1. The summed E-state index contributed by atoms with van der Waals surface area (Å²) < 4.78 is 53.9. The first-order valence-corrected chi connectivity index (χ1v) is 25.7. The number of cyclic esters (lactones) is 1. The number of fused-ring (bicyclic) bond motifs is 6. The Morgan fingerprint density at radius 3 is 2.54 bits per heavy atom. The smallest absolute Gasteiger partial charge is 0.324 e. The largest absolute Gasteiger partial charge is 0.464 e. The molecule has 1 aliphatic carbocycles. The third-order valence-corrected chi connectivity index (χ3v) is 16.0. The highest BCUT2D eigenvalue weighted by Crippen LogP contribution is 2.51. The number of anilines is 1. The zero-order valence-electron chi connectivity index (χ0n) is 41.3. The summed E-state index contributed by atoms with van der Waals surface area (Å²) in [4.78, 5) is 57.9. The molecule has 7 atom stereocenters. The van der Waals surface area contributed by atoms with Crippen LogP contribution in [0.15, 0.2) is 35.8 Å². The van der Waals surface area contributed by atoms with Crippen LogP contribution in [0.2, 0.25) is 0 Å². The van der Waals surface area contributed by atoms with E-state index in [-0.39, 0.29) is 60.9 Å². The SMILES string of the molecule is CO[C@@H](C)c1ncc(N2CCN(C3COC3)CC2)cc1-c1c2c3cc(ccc3n1CCO)-c1csc(n1)[C@@H](OCC(F)F)[C@H](NC(=O)[C@H]1[C@H](C)[C@@H]1C(C)C)C(=O)N1CCC[C@H](N1)C(=O)OCC(C)(C)C2. The van der Waals surface area contributed by atoms with Crippen LogP contribution in [0, 0.1) is 29.1 Å². The first-order valence-electron chi connectivity index (χ1n) is 24.8. The Labute approximate surface area is 412 Å². The van der Waals surface area contributed by atoms with E-state index in [2.05, 4.69) is 45.0 Å². The minimum atomic E-state index is -2.87. The minimum absolute atomic E-state index is 0.0357. The van der Waals surface area contributed by atoms with Gasteiger partial charge in [-0.3, -0.25) is 29.3 Å². The molecule has 19 heteroatoms.